The monoisotopic (exact) mass is 263 g/mol. The summed E-state index contributed by atoms with van der Waals surface area (Å²) in [5.74, 6) is 0. The largest absolute Gasteiger partial charge is 0.323 e. The maximum Gasteiger partial charge on any atom is 0.323 e. The SMILES string of the molecule is O=C(Nc1ccccc1)Nc1cccc2ncccc12. The van der Waals surface area contributed by atoms with Crippen molar-refractivity contribution >= 4 is 28.3 Å². The lowest BCUT2D eigenvalue weighted by Gasteiger charge is -2.09. The van der Waals surface area contributed by atoms with Gasteiger partial charge in [0.15, 0.2) is 0 Å². The van der Waals surface area contributed by atoms with Crippen molar-refractivity contribution in [1.82, 2.24) is 4.98 Å². The van der Waals surface area contributed by atoms with Crippen LogP contribution in [0, 0.1) is 0 Å². The molecule has 0 saturated heterocycles. The first-order valence-corrected chi connectivity index (χ1v) is 6.30. The molecular formula is C16H13N3O. The summed E-state index contributed by atoms with van der Waals surface area (Å²) in [6.07, 6.45) is 1.73. The van der Waals surface area contributed by atoms with Gasteiger partial charge in [-0.15, -0.1) is 0 Å². The number of para-hydroxylation sites is 1. The predicted octanol–water partition coefficient (Wildman–Crippen LogP) is 3.88. The van der Waals surface area contributed by atoms with Gasteiger partial charge in [-0.05, 0) is 36.4 Å². The summed E-state index contributed by atoms with van der Waals surface area (Å²) in [6, 6.07) is 18.5. The summed E-state index contributed by atoms with van der Waals surface area (Å²) >= 11 is 0. The second-order valence-corrected chi connectivity index (χ2v) is 4.32. The summed E-state index contributed by atoms with van der Waals surface area (Å²) in [5.41, 5.74) is 2.34. The number of benzene rings is 2. The first-order chi connectivity index (χ1) is 9.83. The molecule has 0 aliphatic carbocycles. The molecule has 0 fully saturated rings. The molecule has 20 heavy (non-hydrogen) atoms. The van der Waals surface area contributed by atoms with E-state index < -0.39 is 0 Å². The Bertz CT molecular complexity index is 736. The predicted molar refractivity (Wildman–Crippen MR) is 80.8 cm³/mol. The third kappa shape index (κ3) is 2.59. The summed E-state index contributed by atoms with van der Waals surface area (Å²) in [7, 11) is 0. The van der Waals surface area contributed by atoms with Crippen molar-refractivity contribution in [2.45, 2.75) is 0 Å². The van der Waals surface area contributed by atoms with E-state index in [1.165, 1.54) is 0 Å². The van der Waals surface area contributed by atoms with E-state index in [4.69, 9.17) is 0 Å². The number of carbonyl (C=O) groups is 1. The Kier molecular flexibility index (Phi) is 3.29. The minimum absolute atomic E-state index is 0.271. The van der Waals surface area contributed by atoms with E-state index in [0.29, 0.717) is 0 Å². The molecule has 0 unspecified atom stereocenters. The van der Waals surface area contributed by atoms with Crippen molar-refractivity contribution in [1.29, 1.82) is 0 Å². The molecule has 3 aromatic rings. The summed E-state index contributed by atoms with van der Waals surface area (Å²) < 4.78 is 0. The number of amides is 2. The van der Waals surface area contributed by atoms with Crippen molar-refractivity contribution in [3.8, 4) is 0 Å². The van der Waals surface area contributed by atoms with E-state index in [-0.39, 0.29) is 6.03 Å². The van der Waals surface area contributed by atoms with Gasteiger partial charge in [0.1, 0.15) is 0 Å². The average molecular weight is 263 g/mol. The molecule has 2 aromatic carbocycles. The molecule has 0 atom stereocenters. The van der Waals surface area contributed by atoms with Crippen LogP contribution in [0.4, 0.5) is 16.2 Å². The highest BCUT2D eigenvalue weighted by Gasteiger charge is 2.05. The normalized spacial score (nSPS) is 10.2. The molecule has 3 rings (SSSR count). The highest BCUT2D eigenvalue weighted by atomic mass is 16.2. The standard InChI is InChI=1S/C16H13N3O/c20-16(18-12-6-2-1-3-7-12)19-15-10-4-9-14-13(15)8-5-11-17-14/h1-11H,(H2,18,19,20). The van der Waals surface area contributed by atoms with Gasteiger partial charge < -0.3 is 10.6 Å². The van der Waals surface area contributed by atoms with Crippen LogP contribution in [0.25, 0.3) is 10.9 Å². The van der Waals surface area contributed by atoms with Gasteiger partial charge in [-0.25, -0.2) is 4.79 Å². The number of nitrogens with zero attached hydrogens (tertiary/aromatic N) is 1. The number of nitrogens with one attached hydrogen (secondary N) is 2. The Morgan fingerprint density at radius 2 is 1.70 bits per heavy atom. The maximum atomic E-state index is 12.0. The van der Waals surface area contributed by atoms with E-state index in [1.807, 2.05) is 60.7 Å². The molecule has 0 radical (unpaired) electrons. The Hall–Kier alpha value is -2.88. The van der Waals surface area contributed by atoms with Crippen LogP contribution in [-0.2, 0) is 0 Å². The minimum Gasteiger partial charge on any atom is -0.308 e. The van der Waals surface area contributed by atoms with Gasteiger partial charge in [-0.2, -0.15) is 0 Å². The molecule has 0 saturated carbocycles. The van der Waals surface area contributed by atoms with Gasteiger partial charge >= 0.3 is 6.03 Å². The number of aromatic nitrogens is 1. The summed E-state index contributed by atoms with van der Waals surface area (Å²) in [5, 5.41) is 6.54. The zero-order valence-corrected chi connectivity index (χ0v) is 10.7. The highest BCUT2D eigenvalue weighted by Crippen LogP contribution is 2.21. The zero-order chi connectivity index (χ0) is 13.8. The second-order valence-electron chi connectivity index (χ2n) is 4.32. The molecule has 0 aliphatic rings. The molecule has 2 N–H and O–H groups in total. The fourth-order valence-corrected chi connectivity index (χ4v) is 2.02. The third-order valence-electron chi connectivity index (χ3n) is 2.93. The Labute approximate surface area is 116 Å². The topological polar surface area (TPSA) is 54.0 Å². The minimum atomic E-state index is -0.271. The Balaban J connectivity index is 1.81. The van der Waals surface area contributed by atoms with Gasteiger partial charge in [0.05, 0.1) is 11.2 Å². The number of hydrogen-bond acceptors (Lipinski definition) is 2. The molecule has 1 heterocycles. The van der Waals surface area contributed by atoms with Crippen LogP contribution >= 0.6 is 0 Å². The lowest BCUT2D eigenvalue weighted by molar-refractivity contribution is 0.262. The first-order valence-electron chi connectivity index (χ1n) is 6.30. The number of rotatable bonds is 2. The fourth-order valence-electron chi connectivity index (χ4n) is 2.02. The number of hydrogen-bond donors (Lipinski definition) is 2. The average Bonchev–Trinajstić information content (AvgIpc) is 2.48. The maximum absolute atomic E-state index is 12.0. The van der Waals surface area contributed by atoms with Crippen molar-refractivity contribution in [2.75, 3.05) is 10.6 Å². The van der Waals surface area contributed by atoms with Crippen LogP contribution in [0.15, 0.2) is 66.9 Å². The Morgan fingerprint density at radius 3 is 2.55 bits per heavy atom. The van der Waals surface area contributed by atoms with Crippen LogP contribution in [0.1, 0.15) is 0 Å². The van der Waals surface area contributed by atoms with Gasteiger partial charge in [-0.3, -0.25) is 4.98 Å². The lowest BCUT2D eigenvalue weighted by atomic mass is 10.2. The molecule has 1 aromatic heterocycles. The zero-order valence-electron chi connectivity index (χ0n) is 10.7. The van der Waals surface area contributed by atoms with Crippen molar-refractivity contribution in [3.05, 3.63) is 66.9 Å². The van der Waals surface area contributed by atoms with E-state index in [2.05, 4.69) is 15.6 Å². The molecule has 0 aliphatic heterocycles. The van der Waals surface area contributed by atoms with Crippen LogP contribution in [0.3, 0.4) is 0 Å². The van der Waals surface area contributed by atoms with Gasteiger partial charge in [0.25, 0.3) is 0 Å². The molecular weight excluding hydrogens is 250 g/mol. The quantitative estimate of drug-likeness (QED) is 0.737. The van der Waals surface area contributed by atoms with Gasteiger partial charge in [-0.1, -0.05) is 24.3 Å². The number of anilines is 2. The molecule has 98 valence electrons. The van der Waals surface area contributed by atoms with Crippen LogP contribution in [-0.4, -0.2) is 11.0 Å². The molecule has 2 amide bonds. The van der Waals surface area contributed by atoms with E-state index in [9.17, 15) is 4.79 Å². The van der Waals surface area contributed by atoms with Crippen molar-refractivity contribution < 1.29 is 4.79 Å². The van der Waals surface area contributed by atoms with Crippen LogP contribution in [0.2, 0.25) is 0 Å². The van der Waals surface area contributed by atoms with Gasteiger partial charge in [0.2, 0.25) is 0 Å². The molecule has 4 heteroatoms. The lowest BCUT2D eigenvalue weighted by Crippen LogP contribution is -2.19. The number of urea groups is 1. The molecule has 0 spiro atoms. The Morgan fingerprint density at radius 1 is 0.850 bits per heavy atom. The van der Waals surface area contributed by atoms with Crippen molar-refractivity contribution in [3.63, 3.8) is 0 Å². The van der Waals surface area contributed by atoms with Gasteiger partial charge in [0, 0.05) is 17.3 Å². The number of fused-ring (bicyclic) bond motifs is 1. The van der Waals surface area contributed by atoms with E-state index in [0.717, 1.165) is 22.3 Å². The fraction of sp³-hybridized carbons (Fsp3) is 0. The molecule has 4 nitrogen and oxygen atoms in total. The highest BCUT2D eigenvalue weighted by molar-refractivity contribution is 6.05. The van der Waals surface area contributed by atoms with Crippen LogP contribution in [0.5, 0.6) is 0 Å². The summed E-state index contributed by atoms with van der Waals surface area (Å²) in [4.78, 5) is 16.2. The van der Waals surface area contributed by atoms with E-state index in [1.54, 1.807) is 6.20 Å². The van der Waals surface area contributed by atoms with Crippen LogP contribution < -0.4 is 10.6 Å². The third-order valence-corrected chi connectivity index (χ3v) is 2.93. The smallest absolute Gasteiger partial charge is 0.308 e. The van der Waals surface area contributed by atoms with E-state index >= 15 is 0 Å². The summed E-state index contributed by atoms with van der Waals surface area (Å²) in [6.45, 7) is 0. The first kappa shape index (κ1) is 12.2. The second kappa shape index (κ2) is 5.40. The van der Waals surface area contributed by atoms with Crippen molar-refractivity contribution in [2.24, 2.45) is 0 Å². The molecule has 0 bridgehead atoms. The number of carbonyl (C=O) groups excluding carboxylic acids is 1. The number of pyridine rings is 1.